The number of pyridine rings is 1. The highest BCUT2D eigenvalue weighted by Gasteiger charge is 2.45. The number of ether oxygens (including phenoxy) is 1. The maximum atomic E-state index is 13.3. The number of benzene rings is 1. The molecule has 1 saturated carbocycles. The first-order chi connectivity index (χ1) is 28.8. The third-order valence-electron chi connectivity index (χ3n) is 12.1. The first-order valence-electron chi connectivity index (χ1n) is 20.2. The SMILES string of the molecule is N#Cc1ncc(OC2CCC(C(=O)Nc3ccc(N4CCC(CN5CCN(c6ccc7c(c6)C(=O)N(C6CCC(=O)NC6=O)C7=O)CC5)CC4)nn3)CC2)cc1C(F)(F)F. The maximum absolute atomic E-state index is 13.3. The van der Waals surface area contributed by atoms with Crippen LogP contribution >= 0.6 is 0 Å². The molecule has 1 unspecified atom stereocenters. The lowest BCUT2D eigenvalue weighted by Gasteiger charge is -2.39. The second-order valence-corrected chi connectivity index (χ2v) is 15.9. The molecule has 2 N–H and O–H groups in total. The minimum Gasteiger partial charge on any atom is -0.489 e. The minimum atomic E-state index is -4.73. The number of alkyl halides is 3. The van der Waals surface area contributed by atoms with E-state index in [2.05, 4.69) is 40.5 Å². The number of aromatic nitrogens is 3. The van der Waals surface area contributed by atoms with Crippen molar-refractivity contribution >= 4 is 46.9 Å². The molecule has 5 amide bonds. The lowest BCUT2D eigenvalue weighted by Crippen LogP contribution is -2.54. The van der Waals surface area contributed by atoms with Crippen LogP contribution in [0, 0.1) is 23.2 Å². The average Bonchev–Trinajstić information content (AvgIpc) is 3.49. The van der Waals surface area contributed by atoms with E-state index in [-0.39, 0.29) is 47.6 Å². The van der Waals surface area contributed by atoms with Gasteiger partial charge in [0.1, 0.15) is 17.9 Å². The van der Waals surface area contributed by atoms with Crippen molar-refractivity contribution in [3.63, 3.8) is 0 Å². The van der Waals surface area contributed by atoms with Gasteiger partial charge in [0, 0.05) is 63.8 Å². The Morgan fingerprint density at radius 2 is 1.60 bits per heavy atom. The van der Waals surface area contributed by atoms with Crippen LogP contribution in [-0.2, 0) is 20.6 Å². The number of rotatable bonds is 9. The summed E-state index contributed by atoms with van der Waals surface area (Å²) >= 11 is 0. The van der Waals surface area contributed by atoms with E-state index in [9.17, 15) is 37.1 Å². The summed E-state index contributed by atoms with van der Waals surface area (Å²) < 4.78 is 45.7. The van der Waals surface area contributed by atoms with E-state index >= 15 is 0 Å². The van der Waals surface area contributed by atoms with Gasteiger partial charge in [0.25, 0.3) is 11.8 Å². The van der Waals surface area contributed by atoms with E-state index in [0.29, 0.717) is 37.4 Å². The Balaban J connectivity index is 0.751. The van der Waals surface area contributed by atoms with Crippen LogP contribution in [0.4, 0.5) is 30.5 Å². The van der Waals surface area contributed by atoms with Crippen LogP contribution < -0.4 is 25.2 Å². The molecule has 4 fully saturated rings. The number of fused-ring (bicyclic) bond motifs is 1. The van der Waals surface area contributed by atoms with Crippen molar-refractivity contribution in [2.45, 2.75) is 69.7 Å². The smallest absolute Gasteiger partial charge is 0.419 e. The zero-order valence-corrected chi connectivity index (χ0v) is 32.6. The number of nitriles is 1. The van der Waals surface area contributed by atoms with Crippen molar-refractivity contribution in [3.8, 4) is 11.8 Å². The summed E-state index contributed by atoms with van der Waals surface area (Å²) in [5.74, 6) is -1.05. The number of halogens is 3. The maximum Gasteiger partial charge on any atom is 0.419 e. The fourth-order valence-corrected chi connectivity index (χ4v) is 8.79. The number of nitrogens with one attached hydrogen (secondary N) is 2. The van der Waals surface area contributed by atoms with Crippen LogP contribution in [0.3, 0.4) is 0 Å². The number of nitrogens with zero attached hydrogens (tertiary/aromatic N) is 8. The van der Waals surface area contributed by atoms with Crippen molar-refractivity contribution < 1.29 is 41.9 Å². The summed E-state index contributed by atoms with van der Waals surface area (Å²) in [7, 11) is 0. The predicted molar refractivity (Wildman–Crippen MR) is 208 cm³/mol. The molecule has 60 heavy (non-hydrogen) atoms. The Morgan fingerprint density at radius 1 is 0.867 bits per heavy atom. The Bertz CT molecular complexity index is 2210. The van der Waals surface area contributed by atoms with Gasteiger partial charge in [0.15, 0.2) is 17.3 Å². The third kappa shape index (κ3) is 8.60. The van der Waals surface area contributed by atoms with Gasteiger partial charge >= 0.3 is 6.18 Å². The van der Waals surface area contributed by atoms with E-state index < -0.39 is 47.1 Å². The molecular weight excluding hydrogens is 786 g/mol. The van der Waals surface area contributed by atoms with Crippen molar-refractivity contribution in [3.05, 3.63) is 65.0 Å². The van der Waals surface area contributed by atoms with Crippen LogP contribution in [0.2, 0.25) is 0 Å². The van der Waals surface area contributed by atoms with E-state index in [1.54, 1.807) is 18.2 Å². The number of hydrogen-bond acceptors (Lipinski definition) is 13. The molecule has 2 aromatic heterocycles. The summed E-state index contributed by atoms with van der Waals surface area (Å²) in [5.41, 5.74) is -0.455. The van der Waals surface area contributed by atoms with E-state index in [1.807, 2.05) is 12.1 Å². The van der Waals surface area contributed by atoms with Gasteiger partial charge in [-0.15, -0.1) is 10.2 Å². The lowest BCUT2D eigenvalue weighted by molar-refractivity contribution is -0.138. The molecule has 19 heteroatoms. The summed E-state index contributed by atoms with van der Waals surface area (Å²) in [6.07, 6.45) is 0.0644. The molecule has 4 aliphatic heterocycles. The summed E-state index contributed by atoms with van der Waals surface area (Å²) in [6, 6.07) is 10.1. The Morgan fingerprint density at radius 3 is 2.27 bits per heavy atom. The van der Waals surface area contributed by atoms with E-state index in [0.717, 1.165) is 87.3 Å². The highest BCUT2D eigenvalue weighted by Crippen LogP contribution is 2.36. The number of imide groups is 2. The Kier molecular flexibility index (Phi) is 11.4. The molecule has 3 aromatic rings. The zero-order chi connectivity index (χ0) is 42.1. The normalized spacial score (nSPS) is 23.0. The van der Waals surface area contributed by atoms with Gasteiger partial charge in [0.2, 0.25) is 17.7 Å². The molecule has 0 spiro atoms. The molecule has 5 aliphatic rings. The van der Waals surface area contributed by atoms with Crippen molar-refractivity contribution in [1.82, 2.24) is 30.3 Å². The fourth-order valence-electron chi connectivity index (χ4n) is 8.79. The molecule has 314 valence electrons. The van der Waals surface area contributed by atoms with Crippen LogP contribution in [0.5, 0.6) is 5.75 Å². The summed E-state index contributed by atoms with van der Waals surface area (Å²) in [6.45, 7) is 5.84. The first kappa shape index (κ1) is 40.6. The average molecular weight is 829 g/mol. The van der Waals surface area contributed by atoms with Gasteiger partial charge in [-0.25, -0.2) is 4.98 Å². The topological polar surface area (TPSA) is 194 Å². The van der Waals surface area contributed by atoms with Gasteiger partial charge < -0.3 is 19.9 Å². The van der Waals surface area contributed by atoms with Gasteiger partial charge in [-0.2, -0.15) is 18.4 Å². The molecule has 3 saturated heterocycles. The predicted octanol–water partition coefficient (Wildman–Crippen LogP) is 3.78. The number of carbonyl (C=O) groups is 5. The molecule has 1 atom stereocenters. The largest absolute Gasteiger partial charge is 0.489 e. The van der Waals surface area contributed by atoms with Crippen LogP contribution in [-0.4, -0.2) is 112 Å². The molecule has 8 rings (SSSR count). The molecular formula is C41H43F3N10O6. The van der Waals surface area contributed by atoms with Crippen LogP contribution in [0.25, 0.3) is 0 Å². The van der Waals surface area contributed by atoms with Crippen LogP contribution in [0.1, 0.15) is 83.3 Å². The zero-order valence-electron chi connectivity index (χ0n) is 32.6. The van der Waals surface area contributed by atoms with Crippen LogP contribution in [0.15, 0.2) is 42.6 Å². The number of piperazine rings is 1. The van der Waals surface area contributed by atoms with E-state index in [4.69, 9.17) is 10.00 Å². The van der Waals surface area contributed by atoms with Gasteiger partial charge in [-0.3, -0.25) is 39.1 Å². The quantitative estimate of drug-likeness (QED) is 0.297. The Hall–Kier alpha value is -6.16. The molecule has 16 nitrogen and oxygen atoms in total. The van der Waals surface area contributed by atoms with Crippen molar-refractivity contribution in [2.24, 2.45) is 11.8 Å². The number of carbonyl (C=O) groups excluding carboxylic acids is 5. The minimum absolute atomic E-state index is 0.0670. The monoisotopic (exact) mass is 828 g/mol. The third-order valence-corrected chi connectivity index (χ3v) is 12.1. The fraction of sp³-hybridized carbons (Fsp3) is 0.488. The molecule has 0 radical (unpaired) electrons. The molecule has 6 heterocycles. The van der Waals surface area contributed by atoms with E-state index in [1.165, 1.54) is 6.07 Å². The van der Waals surface area contributed by atoms with Crippen molar-refractivity contribution in [2.75, 3.05) is 60.9 Å². The second-order valence-electron chi connectivity index (χ2n) is 15.9. The lowest BCUT2D eigenvalue weighted by atomic mass is 9.86. The summed E-state index contributed by atoms with van der Waals surface area (Å²) in [5, 5.41) is 22.7. The number of anilines is 3. The number of piperidine rings is 2. The Labute approximate surface area is 343 Å². The molecule has 1 aromatic carbocycles. The van der Waals surface area contributed by atoms with Gasteiger partial charge in [0.05, 0.1) is 29.0 Å². The van der Waals surface area contributed by atoms with Gasteiger partial charge in [-0.1, -0.05) is 0 Å². The van der Waals surface area contributed by atoms with Gasteiger partial charge in [-0.05, 0) is 87.3 Å². The number of hydrogen-bond donors (Lipinski definition) is 2. The molecule has 1 aliphatic carbocycles. The summed E-state index contributed by atoms with van der Waals surface area (Å²) in [4.78, 5) is 74.9. The highest BCUT2D eigenvalue weighted by molar-refractivity contribution is 6.23. The first-order valence-corrected chi connectivity index (χ1v) is 20.2. The molecule has 0 bridgehead atoms. The standard InChI is InChI=1S/C41H43F3N10O6/c42-41(43,44)31-20-28(22-46-32(31)21-45)60-27-4-1-25(2-5-27)37(56)47-34-8-9-35(50-49-34)53-13-11-24(12-14-53)23-51-15-17-52(18-16-51)26-3-6-29-30(19-26)40(59)54(39(29)58)33-7-10-36(55)48-38(33)57/h3,6,8-9,19-20,22,24-25,27,33H,1-2,4-5,7,10-18,23H2,(H,47,49,56)(H,48,55,57). The van der Waals surface area contributed by atoms with Crippen molar-refractivity contribution in [1.29, 1.82) is 5.26 Å². The highest BCUT2D eigenvalue weighted by atomic mass is 19.4. The number of amides is 5. The second kappa shape index (κ2) is 16.8.